The number of carbonyl (C=O) groups is 1. The summed E-state index contributed by atoms with van der Waals surface area (Å²) in [5.41, 5.74) is 0.173. The molecule has 1 atom stereocenters. The van der Waals surface area contributed by atoms with E-state index in [1.165, 1.54) is 0 Å². The molecule has 1 aliphatic carbocycles. The highest BCUT2D eigenvalue weighted by molar-refractivity contribution is 5.91. The number of amides is 1. The molecule has 0 aromatic heterocycles. The summed E-state index contributed by atoms with van der Waals surface area (Å²) >= 11 is 0. The van der Waals surface area contributed by atoms with Crippen LogP contribution in [-0.4, -0.2) is 16.6 Å². The highest BCUT2D eigenvalue weighted by Crippen LogP contribution is 2.56. The first-order chi connectivity index (χ1) is 13.4. The molecular formula is C25H25NO2. The van der Waals surface area contributed by atoms with Gasteiger partial charge in [0.05, 0.1) is 0 Å². The van der Waals surface area contributed by atoms with Gasteiger partial charge in [0, 0.05) is 5.41 Å². The molecule has 3 aromatic rings. The second-order valence-corrected chi connectivity index (χ2v) is 8.22. The average Bonchev–Trinajstić information content (AvgIpc) is 3.27. The summed E-state index contributed by atoms with van der Waals surface area (Å²) in [7, 11) is 0. The number of carbonyl (C=O) groups excluding carboxylic acids is 1. The minimum Gasteiger partial charge on any atom is -0.379 e. The van der Waals surface area contributed by atoms with Crippen molar-refractivity contribution in [1.29, 1.82) is 0 Å². The molecule has 1 aliphatic rings. The van der Waals surface area contributed by atoms with Crippen LogP contribution in [0.2, 0.25) is 0 Å². The van der Waals surface area contributed by atoms with Gasteiger partial charge >= 0.3 is 0 Å². The van der Waals surface area contributed by atoms with Crippen molar-refractivity contribution < 1.29 is 9.90 Å². The molecule has 3 heteroatoms. The molecule has 0 bridgehead atoms. The van der Waals surface area contributed by atoms with Gasteiger partial charge in [0.1, 0.15) is 11.1 Å². The maximum absolute atomic E-state index is 13.3. The quantitative estimate of drug-likeness (QED) is 0.659. The summed E-state index contributed by atoms with van der Waals surface area (Å²) in [5.74, 6) is -0.339. The van der Waals surface area contributed by atoms with Gasteiger partial charge in [-0.3, -0.25) is 4.79 Å². The van der Waals surface area contributed by atoms with Crippen LogP contribution < -0.4 is 5.32 Å². The Morgan fingerprint density at radius 3 is 1.39 bits per heavy atom. The third kappa shape index (κ3) is 2.83. The highest BCUT2D eigenvalue weighted by Gasteiger charge is 2.66. The van der Waals surface area contributed by atoms with E-state index in [0.29, 0.717) is 6.42 Å². The van der Waals surface area contributed by atoms with Gasteiger partial charge < -0.3 is 10.4 Å². The summed E-state index contributed by atoms with van der Waals surface area (Å²) in [5, 5.41) is 14.2. The Balaban J connectivity index is 1.93. The van der Waals surface area contributed by atoms with E-state index >= 15 is 0 Å². The third-order valence-electron chi connectivity index (χ3n) is 5.99. The minimum absolute atomic E-state index is 0.339. The van der Waals surface area contributed by atoms with Crippen molar-refractivity contribution in [2.75, 3.05) is 0 Å². The predicted molar refractivity (Wildman–Crippen MR) is 111 cm³/mol. The predicted octanol–water partition coefficient (Wildman–Crippen LogP) is 4.26. The largest absolute Gasteiger partial charge is 0.379 e. The van der Waals surface area contributed by atoms with Crippen LogP contribution in [0.3, 0.4) is 0 Å². The summed E-state index contributed by atoms with van der Waals surface area (Å²) in [6.07, 6.45) is 0.459. The molecule has 0 spiro atoms. The molecule has 4 rings (SSSR count). The van der Waals surface area contributed by atoms with Gasteiger partial charge in [-0.2, -0.15) is 0 Å². The Hall–Kier alpha value is -2.91. The molecule has 142 valence electrons. The van der Waals surface area contributed by atoms with E-state index in [4.69, 9.17) is 0 Å². The third-order valence-corrected chi connectivity index (χ3v) is 5.99. The van der Waals surface area contributed by atoms with Crippen LogP contribution in [0.4, 0.5) is 0 Å². The molecule has 0 saturated heterocycles. The topological polar surface area (TPSA) is 49.3 Å². The van der Waals surface area contributed by atoms with Gasteiger partial charge in [-0.1, -0.05) is 105 Å². The second-order valence-electron chi connectivity index (χ2n) is 8.22. The van der Waals surface area contributed by atoms with Crippen LogP contribution in [0.15, 0.2) is 91.0 Å². The molecule has 1 fully saturated rings. The fourth-order valence-corrected chi connectivity index (χ4v) is 4.04. The number of rotatable bonds is 5. The van der Waals surface area contributed by atoms with Crippen molar-refractivity contribution in [3.63, 3.8) is 0 Å². The fourth-order valence-electron chi connectivity index (χ4n) is 4.04. The lowest BCUT2D eigenvalue weighted by Crippen LogP contribution is -2.53. The number of hydrogen-bond donors (Lipinski definition) is 2. The van der Waals surface area contributed by atoms with Crippen molar-refractivity contribution in [2.24, 2.45) is 5.41 Å². The summed E-state index contributed by atoms with van der Waals surface area (Å²) in [4.78, 5) is 13.3. The SMILES string of the molecule is CC1(C)CC1(O)C(=O)NC(c1ccccc1)(c1ccccc1)c1ccccc1. The molecule has 28 heavy (non-hydrogen) atoms. The number of benzene rings is 3. The smallest absolute Gasteiger partial charge is 0.253 e. The Morgan fingerprint density at radius 1 is 0.786 bits per heavy atom. The number of aliphatic hydroxyl groups is 1. The first-order valence-corrected chi connectivity index (χ1v) is 9.62. The van der Waals surface area contributed by atoms with Crippen LogP contribution in [0, 0.1) is 5.41 Å². The maximum atomic E-state index is 13.3. The van der Waals surface area contributed by atoms with E-state index in [9.17, 15) is 9.90 Å². The van der Waals surface area contributed by atoms with Crippen LogP contribution in [0.25, 0.3) is 0 Å². The van der Waals surface area contributed by atoms with Crippen molar-refractivity contribution in [3.05, 3.63) is 108 Å². The van der Waals surface area contributed by atoms with Crippen LogP contribution in [-0.2, 0) is 10.3 Å². The lowest BCUT2D eigenvalue weighted by atomic mass is 9.76. The molecule has 3 aromatic carbocycles. The molecular weight excluding hydrogens is 346 g/mol. The molecule has 1 saturated carbocycles. The van der Waals surface area contributed by atoms with Crippen molar-refractivity contribution >= 4 is 5.91 Å². The van der Waals surface area contributed by atoms with Gasteiger partial charge in [-0.25, -0.2) is 0 Å². The fraction of sp³-hybridized carbons (Fsp3) is 0.240. The van der Waals surface area contributed by atoms with E-state index in [1.807, 2.05) is 105 Å². The van der Waals surface area contributed by atoms with E-state index < -0.39 is 16.6 Å². The Bertz CT molecular complexity index is 871. The van der Waals surface area contributed by atoms with Gasteiger partial charge in [0.25, 0.3) is 5.91 Å². The minimum atomic E-state index is -1.35. The maximum Gasteiger partial charge on any atom is 0.253 e. The molecule has 3 nitrogen and oxygen atoms in total. The zero-order valence-electron chi connectivity index (χ0n) is 16.2. The Morgan fingerprint density at radius 2 is 1.11 bits per heavy atom. The van der Waals surface area contributed by atoms with Crippen LogP contribution >= 0.6 is 0 Å². The molecule has 0 radical (unpaired) electrons. The Kier molecular flexibility index (Phi) is 4.35. The lowest BCUT2D eigenvalue weighted by molar-refractivity contribution is -0.134. The average molecular weight is 371 g/mol. The van der Waals surface area contributed by atoms with E-state index in [-0.39, 0.29) is 5.91 Å². The van der Waals surface area contributed by atoms with E-state index in [2.05, 4.69) is 5.32 Å². The molecule has 1 amide bonds. The zero-order valence-corrected chi connectivity index (χ0v) is 16.2. The lowest BCUT2D eigenvalue weighted by Gasteiger charge is -2.38. The monoisotopic (exact) mass is 371 g/mol. The summed E-state index contributed by atoms with van der Waals surface area (Å²) < 4.78 is 0. The zero-order chi connectivity index (χ0) is 19.8. The molecule has 2 N–H and O–H groups in total. The van der Waals surface area contributed by atoms with Gasteiger partial charge in [0.15, 0.2) is 0 Å². The highest BCUT2D eigenvalue weighted by atomic mass is 16.3. The second kappa shape index (κ2) is 6.61. The van der Waals surface area contributed by atoms with Crippen molar-refractivity contribution in [3.8, 4) is 0 Å². The number of nitrogens with one attached hydrogen (secondary N) is 1. The Labute approximate surface area is 166 Å². The summed E-state index contributed by atoms with van der Waals surface area (Å²) in [6.45, 7) is 3.84. The molecule has 0 aliphatic heterocycles. The van der Waals surface area contributed by atoms with Gasteiger partial charge in [-0.05, 0) is 23.1 Å². The normalized spacial score (nSPS) is 20.4. The molecule has 1 unspecified atom stereocenters. The van der Waals surface area contributed by atoms with E-state index in [0.717, 1.165) is 16.7 Å². The van der Waals surface area contributed by atoms with Crippen LogP contribution in [0.5, 0.6) is 0 Å². The first kappa shape index (κ1) is 18.5. The van der Waals surface area contributed by atoms with Crippen molar-refractivity contribution in [1.82, 2.24) is 5.32 Å². The first-order valence-electron chi connectivity index (χ1n) is 9.62. The van der Waals surface area contributed by atoms with E-state index in [1.54, 1.807) is 0 Å². The number of hydrogen-bond acceptors (Lipinski definition) is 2. The van der Waals surface area contributed by atoms with Crippen molar-refractivity contribution in [2.45, 2.75) is 31.4 Å². The van der Waals surface area contributed by atoms with Gasteiger partial charge in [0.2, 0.25) is 0 Å². The standard InChI is InChI=1S/C25H25NO2/c1-23(2)18-24(23,28)22(27)26-25(19-12-6-3-7-13-19,20-14-8-4-9-15-20)21-16-10-5-11-17-21/h3-17,28H,18H2,1-2H3,(H,26,27). The molecule has 0 heterocycles. The van der Waals surface area contributed by atoms with Gasteiger partial charge in [-0.15, -0.1) is 0 Å². The van der Waals surface area contributed by atoms with Crippen LogP contribution in [0.1, 0.15) is 37.0 Å². The summed E-state index contributed by atoms with van der Waals surface area (Å²) in [6, 6.07) is 29.8.